The topological polar surface area (TPSA) is 42.7 Å². The molecule has 17 heavy (non-hydrogen) atoms. The van der Waals surface area contributed by atoms with Crippen LogP contribution in [0, 0.1) is 0 Å². The number of hydrogen-bond donors (Lipinski definition) is 1. The van der Waals surface area contributed by atoms with E-state index < -0.39 is 0 Å². The molecule has 90 valence electrons. The van der Waals surface area contributed by atoms with Gasteiger partial charge in [-0.25, -0.2) is 4.68 Å². The van der Waals surface area contributed by atoms with Crippen molar-refractivity contribution in [3.05, 3.63) is 41.7 Å². The molecule has 0 saturated heterocycles. The molecule has 0 aliphatic rings. The van der Waals surface area contributed by atoms with Crippen molar-refractivity contribution in [1.29, 1.82) is 0 Å². The lowest BCUT2D eigenvalue weighted by atomic mass is 10.0. The first kappa shape index (κ1) is 11.8. The maximum absolute atomic E-state index is 4.17. The minimum Gasteiger partial charge on any atom is -0.314 e. The highest BCUT2D eigenvalue weighted by molar-refractivity contribution is 5.42. The van der Waals surface area contributed by atoms with Gasteiger partial charge in [0.2, 0.25) is 0 Å². The van der Waals surface area contributed by atoms with Crippen LogP contribution in [-0.2, 0) is 6.54 Å². The Labute approximate surface area is 102 Å². The zero-order chi connectivity index (χ0) is 12.3. The van der Waals surface area contributed by atoms with E-state index in [0.717, 1.165) is 17.9 Å². The summed E-state index contributed by atoms with van der Waals surface area (Å²) in [5, 5.41) is 11.4. The summed E-state index contributed by atoms with van der Waals surface area (Å²) in [6, 6.07) is 8.30. The minimum absolute atomic E-state index is 0.475. The Morgan fingerprint density at radius 3 is 2.76 bits per heavy atom. The molecular formula is C13H18N4. The van der Waals surface area contributed by atoms with Crippen molar-refractivity contribution in [2.75, 3.05) is 7.05 Å². The molecule has 0 bridgehead atoms. The number of benzene rings is 1. The average molecular weight is 230 g/mol. The van der Waals surface area contributed by atoms with Crippen molar-refractivity contribution in [2.45, 2.75) is 26.3 Å². The molecule has 0 atom stereocenters. The molecule has 0 radical (unpaired) electrons. The Balaban J connectivity index is 2.38. The van der Waals surface area contributed by atoms with Gasteiger partial charge in [-0.3, -0.25) is 0 Å². The molecule has 0 amide bonds. The number of aromatic nitrogens is 3. The first-order chi connectivity index (χ1) is 8.22. The van der Waals surface area contributed by atoms with E-state index in [1.54, 1.807) is 0 Å². The zero-order valence-corrected chi connectivity index (χ0v) is 10.5. The molecule has 0 fully saturated rings. The Morgan fingerprint density at radius 2 is 2.06 bits per heavy atom. The van der Waals surface area contributed by atoms with Crippen molar-refractivity contribution in [1.82, 2.24) is 20.3 Å². The van der Waals surface area contributed by atoms with Gasteiger partial charge in [0.15, 0.2) is 0 Å². The molecule has 0 unspecified atom stereocenters. The molecule has 4 heteroatoms. The number of hydrogen-bond acceptors (Lipinski definition) is 3. The van der Waals surface area contributed by atoms with Gasteiger partial charge in [0.1, 0.15) is 0 Å². The molecule has 0 aliphatic carbocycles. The van der Waals surface area contributed by atoms with Crippen LogP contribution in [0.1, 0.15) is 31.0 Å². The van der Waals surface area contributed by atoms with E-state index >= 15 is 0 Å². The molecule has 0 spiro atoms. The maximum atomic E-state index is 4.17. The molecule has 1 aromatic carbocycles. The monoisotopic (exact) mass is 230 g/mol. The highest BCUT2D eigenvalue weighted by Gasteiger charge is 2.09. The van der Waals surface area contributed by atoms with Crippen LogP contribution in [0.2, 0.25) is 0 Å². The van der Waals surface area contributed by atoms with Crippen LogP contribution in [0.3, 0.4) is 0 Å². The van der Waals surface area contributed by atoms with E-state index in [2.05, 4.69) is 47.7 Å². The van der Waals surface area contributed by atoms with E-state index in [0.29, 0.717) is 5.92 Å². The molecule has 2 aromatic rings. The van der Waals surface area contributed by atoms with Crippen LogP contribution >= 0.6 is 0 Å². The highest BCUT2D eigenvalue weighted by Crippen LogP contribution is 2.21. The fourth-order valence-corrected chi connectivity index (χ4v) is 1.86. The predicted octanol–water partition coefficient (Wildman–Crippen LogP) is 2.11. The van der Waals surface area contributed by atoms with Gasteiger partial charge >= 0.3 is 0 Å². The number of nitrogens with one attached hydrogen (secondary N) is 1. The summed E-state index contributed by atoms with van der Waals surface area (Å²) >= 11 is 0. The quantitative estimate of drug-likeness (QED) is 0.874. The van der Waals surface area contributed by atoms with Crippen molar-refractivity contribution >= 4 is 0 Å². The molecule has 2 rings (SSSR count). The smallest absolute Gasteiger partial charge is 0.0969 e. The Bertz CT molecular complexity index is 488. The van der Waals surface area contributed by atoms with Gasteiger partial charge in [-0.1, -0.05) is 37.3 Å². The zero-order valence-electron chi connectivity index (χ0n) is 10.5. The van der Waals surface area contributed by atoms with Gasteiger partial charge in [0.05, 0.1) is 17.6 Å². The third kappa shape index (κ3) is 2.53. The largest absolute Gasteiger partial charge is 0.314 e. The third-order valence-electron chi connectivity index (χ3n) is 2.70. The third-order valence-corrected chi connectivity index (χ3v) is 2.70. The molecule has 0 saturated carbocycles. The molecule has 0 aliphatic heterocycles. The van der Waals surface area contributed by atoms with Crippen molar-refractivity contribution in [2.24, 2.45) is 0 Å². The van der Waals surface area contributed by atoms with Gasteiger partial charge in [0.25, 0.3) is 0 Å². The summed E-state index contributed by atoms with van der Waals surface area (Å²) in [5.74, 6) is 0.475. The summed E-state index contributed by atoms with van der Waals surface area (Å²) < 4.78 is 1.85. The highest BCUT2D eigenvalue weighted by atomic mass is 15.4. The standard InChI is InChI=1S/C13H18N4/c1-10(2)12-6-4-5-7-13(12)17-9-11(8-14-3)15-16-17/h4-7,9-10,14H,8H2,1-3H3. The summed E-state index contributed by atoms with van der Waals surface area (Å²) in [7, 11) is 1.90. The van der Waals surface area contributed by atoms with Crippen LogP contribution in [0.15, 0.2) is 30.5 Å². The SMILES string of the molecule is CNCc1cn(-c2ccccc2C(C)C)nn1. The fraction of sp³-hybridized carbons (Fsp3) is 0.385. The summed E-state index contributed by atoms with van der Waals surface area (Å²) in [6.45, 7) is 5.11. The Hall–Kier alpha value is -1.68. The second-order valence-electron chi connectivity index (χ2n) is 4.40. The van der Waals surface area contributed by atoms with Gasteiger partial charge < -0.3 is 5.32 Å². The Morgan fingerprint density at radius 1 is 1.29 bits per heavy atom. The van der Waals surface area contributed by atoms with Crippen LogP contribution in [0.5, 0.6) is 0 Å². The van der Waals surface area contributed by atoms with Crippen molar-refractivity contribution in [3.63, 3.8) is 0 Å². The second-order valence-corrected chi connectivity index (χ2v) is 4.40. The molecule has 4 nitrogen and oxygen atoms in total. The molecular weight excluding hydrogens is 212 g/mol. The lowest BCUT2D eigenvalue weighted by molar-refractivity contribution is 0.755. The number of para-hydroxylation sites is 1. The summed E-state index contributed by atoms with van der Waals surface area (Å²) in [6.07, 6.45) is 1.97. The van der Waals surface area contributed by atoms with E-state index in [4.69, 9.17) is 0 Å². The normalized spacial score (nSPS) is 11.1. The van der Waals surface area contributed by atoms with Crippen LogP contribution in [0.4, 0.5) is 0 Å². The number of rotatable bonds is 4. The van der Waals surface area contributed by atoms with Gasteiger partial charge in [-0.15, -0.1) is 5.10 Å². The van der Waals surface area contributed by atoms with Crippen LogP contribution in [-0.4, -0.2) is 22.0 Å². The second kappa shape index (κ2) is 5.10. The lowest BCUT2D eigenvalue weighted by Gasteiger charge is -2.11. The fourth-order valence-electron chi connectivity index (χ4n) is 1.86. The lowest BCUT2D eigenvalue weighted by Crippen LogP contribution is -2.05. The van der Waals surface area contributed by atoms with E-state index in [9.17, 15) is 0 Å². The van der Waals surface area contributed by atoms with E-state index in [-0.39, 0.29) is 0 Å². The van der Waals surface area contributed by atoms with Gasteiger partial charge in [0, 0.05) is 6.54 Å². The maximum Gasteiger partial charge on any atom is 0.0969 e. The van der Waals surface area contributed by atoms with E-state index in [1.807, 2.05) is 24.0 Å². The number of nitrogens with zero attached hydrogens (tertiary/aromatic N) is 3. The molecule has 1 N–H and O–H groups in total. The summed E-state index contributed by atoms with van der Waals surface area (Å²) in [5.41, 5.74) is 3.34. The summed E-state index contributed by atoms with van der Waals surface area (Å²) in [4.78, 5) is 0. The molecule has 1 aromatic heterocycles. The van der Waals surface area contributed by atoms with Gasteiger partial charge in [-0.2, -0.15) is 0 Å². The first-order valence-electron chi connectivity index (χ1n) is 5.87. The van der Waals surface area contributed by atoms with Crippen LogP contribution < -0.4 is 5.32 Å². The van der Waals surface area contributed by atoms with Crippen molar-refractivity contribution < 1.29 is 0 Å². The predicted molar refractivity (Wildman–Crippen MR) is 68.2 cm³/mol. The van der Waals surface area contributed by atoms with E-state index in [1.165, 1.54) is 5.56 Å². The van der Waals surface area contributed by atoms with Crippen molar-refractivity contribution in [3.8, 4) is 5.69 Å². The first-order valence-corrected chi connectivity index (χ1v) is 5.87. The van der Waals surface area contributed by atoms with Gasteiger partial charge in [-0.05, 0) is 24.6 Å². The molecule has 1 heterocycles. The minimum atomic E-state index is 0.475. The Kier molecular flexibility index (Phi) is 3.54. The van der Waals surface area contributed by atoms with Crippen LogP contribution in [0.25, 0.3) is 5.69 Å². The average Bonchev–Trinajstić information content (AvgIpc) is 2.78.